The molecule has 0 bridgehead atoms. The molecule has 134 valence electrons. The van der Waals surface area contributed by atoms with Crippen molar-refractivity contribution < 1.29 is 19.0 Å². The molecular weight excluding hydrogens is 318 g/mol. The summed E-state index contributed by atoms with van der Waals surface area (Å²) in [5.41, 5.74) is 0. The summed E-state index contributed by atoms with van der Waals surface area (Å²) in [4.78, 5) is 11.9. The van der Waals surface area contributed by atoms with Crippen molar-refractivity contribution in [1.29, 1.82) is 0 Å². The van der Waals surface area contributed by atoms with Gasteiger partial charge in [0.15, 0.2) is 0 Å². The van der Waals surface area contributed by atoms with Gasteiger partial charge in [-0.05, 0) is 49.7 Å². The number of carbonyl (C=O) groups excluding carboxylic acids is 1. The normalized spacial score (nSPS) is 11.4. The highest BCUT2D eigenvalue weighted by atomic mass is 16.5. The zero-order chi connectivity index (χ0) is 17.9. The third-order valence-corrected chi connectivity index (χ3v) is 3.53. The van der Waals surface area contributed by atoms with E-state index in [4.69, 9.17) is 14.2 Å². The van der Waals surface area contributed by atoms with Gasteiger partial charge >= 0.3 is 0 Å². The first-order valence-electron chi connectivity index (χ1n) is 8.41. The lowest BCUT2D eigenvalue weighted by atomic mass is 10.2. The molecule has 0 aliphatic carbocycles. The highest BCUT2D eigenvalue weighted by Gasteiger charge is 2.08. The summed E-state index contributed by atoms with van der Waals surface area (Å²) in [6.45, 7) is 2.86. The first kappa shape index (κ1) is 18.6. The van der Waals surface area contributed by atoms with E-state index in [9.17, 15) is 4.79 Å². The number of methoxy groups -OCH3 is 1. The maximum Gasteiger partial charge on any atom is 0.220 e. The quantitative estimate of drug-likeness (QED) is 0.672. The second kappa shape index (κ2) is 10.2. The Bertz CT molecular complexity index is 628. The van der Waals surface area contributed by atoms with Crippen LogP contribution in [0.5, 0.6) is 17.2 Å². The maximum atomic E-state index is 11.9. The molecule has 0 aliphatic heterocycles. The van der Waals surface area contributed by atoms with E-state index >= 15 is 0 Å². The topological polar surface area (TPSA) is 56.8 Å². The summed E-state index contributed by atoms with van der Waals surface area (Å²) in [6.07, 6.45) is 1.10. The van der Waals surface area contributed by atoms with Crippen LogP contribution in [-0.4, -0.2) is 32.3 Å². The number of nitrogens with one attached hydrogen (secondary N) is 1. The molecule has 0 heterocycles. The number of benzene rings is 2. The molecule has 2 aromatic rings. The van der Waals surface area contributed by atoms with Gasteiger partial charge in [-0.25, -0.2) is 0 Å². The molecule has 1 unspecified atom stereocenters. The predicted octanol–water partition coefficient (Wildman–Crippen LogP) is 3.44. The van der Waals surface area contributed by atoms with E-state index in [1.54, 1.807) is 7.11 Å². The molecule has 5 nitrogen and oxygen atoms in total. The SMILES string of the molecule is COc1ccc(OCC(C)NC(=O)CCCOc2ccccc2)cc1. The minimum absolute atomic E-state index is 0.00231. The smallest absolute Gasteiger partial charge is 0.220 e. The van der Waals surface area contributed by atoms with Gasteiger partial charge < -0.3 is 19.5 Å². The van der Waals surface area contributed by atoms with Gasteiger partial charge in [0.2, 0.25) is 5.91 Å². The van der Waals surface area contributed by atoms with Crippen LogP contribution in [0.2, 0.25) is 0 Å². The van der Waals surface area contributed by atoms with Gasteiger partial charge in [0.1, 0.15) is 23.9 Å². The molecule has 0 aliphatic rings. The Balaban J connectivity index is 1.59. The third kappa shape index (κ3) is 7.16. The zero-order valence-corrected chi connectivity index (χ0v) is 14.7. The van der Waals surface area contributed by atoms with E-state index in [-0.39, 0.29) is 11.9 Å². The van der Waals surface area contributed by atoms with Crippen LogP contribution in [0.15, 0.2) is 54.6 Å². The largest absolute Gasteiger partial charge is 0.497 e. The Morgan fingerprint density at radius 2 is 1.60 bits per heavy atom. The van der Waals surface area contributed by atoms with Crippen LogP contribution in [0.1, 0.15) is 19.8 Å². The standard InChI is InChI=1S/C20H25NO4/c1-16(15-25-19-12-10-17(23-2)11-13-19)21-20(22)9-6-14-24-18-7-4-3-5-8-18/h3-5,7-8,10-13,16H,6,9,14-15H2,1-2H3,(H,21,22). The van der Waals surface area contributed by atoms with E-state index in [2.05, 4.69) is 5.32 Å². The van der Waals surface area contributed by atoms with Crippen molar-refractivity contribution >= 4 is 5.91 Å². The minimum Gasteiger partial charge on any atom is -0.497 e. The van der Waals surface area contributed by atoms with Crippen LogP contribution in [0.25, 0.3) is 0 Å². The molecule has 2 aromatic carbocycles. The maximum absolute atomic E-state index is 11.9. The Hall–Kier alpha value is -2.69. The lowest BCUT2D eigenvalue weighted by Crippen LogP contribution is -2.36. The molecule has 2 rings (SSSR count). The van der Waals surface area contributed by atoms with Crippen molar-refractivity contribution in [3.05, 3.63) is 54.6 Å². The fraction of sp³-hybridized carbons (Fsp3) is 0.350. The Labute approximate surface area is 148 Å². The van der Waals surface area contributed by atoms with Gasteiger partial charge in [0.05, 0.1) is 19.8 Å². The molecule has 0 saturated heterocycles. The van der Waals surface area contributed by atoms with Crippen molar-refractivity contribution in [3.8, 4) is 17.2 Å². The van der Waals surface area contributed by atoms with Crippen molar-refractivity contribution in [1.82, 2.24) is 5.32 Å². The molecule has 0 radical (unpaired) electrons. The summed E-state index contributed by atoms with van der Waals surface area (Å²) in [7, 11) is 1.62. The second-order valence-corrected chi connectivity index (χ2v) is 5.72. The first-order chi connectivity index (χ1) is 12.2. The number of para-hydroxylation sites is 1. The number of hydrogen-bond donors (Lipinski definition) is 1. The van der Waals surface area contributed by atoms with Crippen LogP contribution in [0.4, 0.5) is 0 Å². The number of ether oxygens (including phenoxy) is 3. The van der Waals surface area contributed by atoms with Crippen LogP contribution < -0.4 is 19.5 Å². The summed E-state index contributed by atoms with van der Waals surface area (Å²) < 4.78 is 16.3. The fourth-order valence-electron chi connectivity index (χ4n) is 2.22. The first-order valence-corrected chi connectivity index (χ1v) is 8.41. The number of carbonyl (C=O) groups is 1. The summed E-state index contributed by atoms with van der Waals surface area (Å²) >= 11 is 0. The summed E-state index contributed by atoms with van der Waals surface area (Å²) in [6, 6.07) is 16.9. The van der Waals surface area contributed by atoms with Crippen molar-refractivity contribution in [3.63, 3.8) is 0 Å². The summed E-state index contributed by atoms with van der Waals surface area (Å²) in [5, 5.41) is 2.93. The molecule has 0 fully saturated rings. The van der Waals surface area contributed by atoms with Gasteiger partial charge in [-0.1, -0.05) is 18.2 Å². The number of rotatable bonds is 10. The van der Waals surface area contributed by atoms with E-state index in [0.29, 0.717) is 26.1 Å². The Kier molecular flexibility index (Phi) is 7.63. The zero-order valence-electron chi connectivity index (χ0n) is 14.7. The van der Waals surface area contributed by atoms with Crippen molar-refractivity contribution in [2.24, 2.45) is 0 Å². The molecule has 1 atom stereocenters. The highest BCUT2D eigenvalue weighted by molar-refractivity contribution is 5.76. The molecule has 1 amide bonds. The van der Waals surface area contributed by atoms with Crippen LogP contribution in [0, 0.1) is 0 Å². The highest BCUT2D eigenvalue weighted by Crippen LogP contribution is 2.17. The van der Waals surface area contributed by atoms with E-state index in [1.165, 1.54) is 0 Å². The molecule has 0 spiro atoms. The monoisotopic (exact) mass is 343 g/mol. The lowest BCUT2D eigenvalue weighted by molar-refractivity contribution is -0.122. The fourth-order valence-corrected chi connectivity index (χ4v) is 2.22. The molecule has 25 heavy (non-hydrogen) atoms. The van der Waals surface area contributed by atoms with E-state index in [0.717, 1.165) is 17.2 Å². The van der Waals surface area contributed by atoms with Gasteiger partial charge in [0, 0.05) is 6.42 Å². The van der Waals surface area contributed by atoms with Crippen molar-refractivity contribution in [2.45, 2.75) is 25.8 Å². The van der Waals surface area contributed by atoms with Crippen LogP contribution in [0.3, 0.4) is 0 Å². The van der Waals surface area contributed by atoms with Crippen LogP contribution in [-0.2, 0) is 4.79 Å². The van der Waals surface area contributed by atoms with E-state index in [1.807, 2.05) is 61.5 Å². The van der Waals surface area contributed by atoms with Crippen molar-refractivity contribution in [2.75, 3.05) is 20.3 Å². The van der Waals surface area contributed by atoms with E-state index < -0.39 is 0 Å². The Morgan fingerprint density at radius 3 is 2.28 bits per heavy atom. The molecular formula is C20H25NO4. The third-order valence-electron chi connectivity index (χ3n) is 3.53. The van der Waals surface area contributed by atoms with Gasteiger partial charge in [0.25, 0.3) is 0 Å². The summed E-state index contributed by atoms with van der Waals surface area (Å²) in [5.74, 6) is 2.36. The minimum atomic E-state index is -0.0651. The molecule has 5 heteroatoms. The number of hydrogen-bond acceptors (Lipinski definition) is 4. The lowest BCUT2D eigenvalue weighted by Gasteiger charge is -2.15. The van der Waals surface area contributed by atoms with Crippen LogP contribution >= 0.6 is 0 Å². The Morgan fingerprint density at radius 1 is 0.960 bits per heavy atom. The average Bonchev–Trinajstić information content (AvgIpc) is 2.65. The van der Waals surface area contributed by atoms with Gasteiger partial charge in [-0.2, -0.15) is 0 Å². The second-order valence-electron chi connectivity index (χ2n) is 5.72. The number of amides is 1. The molecule has 0 saturated carbocycles. The predicted molar refractivity (Wildman–Crippen MR) is 97.3 cm³/mol. The average molecular weight is 343 g/mol. The van der Waals surface area contributed by atoms with Gasteiger partial charge in [-0.3, -0.25) is 4.79 Å². The molecule has 0 aromatic heterocycles. The molecule has 1 N–H and O–H groups in total. The van der Waals surface area contributed by atoms with Gasteiger partial charge in [-0.15, -0.1) is 0 Å².